The van der Waals surface area contributed by atoms with E-state index in [1.807, 2.05) is 86.0 Å². The highest BCUT2D eigenvalue weighted by atomic mass is 32.1. The zero-order valence-electron chi connectivity index (χ0n) is 42.5. The van der Waals surface area contributed by atoms with Gasteiger partial charge in [-0.1, -0.05) is 167 Å². The van der Waals surface area contributed by atoms with Crippen LogP contribution in [0.1, 0.15) is 66.0 Å². The van der Waals surface area contributed by atoms with Crippen molar-refractivity contribution < 1.29 is 8.83 Å². The van der Waals surface area contributed by atoms with Crippen LogP contribution in [0.3, 0.4) is 0 Å². The maximum atomic E-state index is 6.60. The highest BCUT2D eigenvalue weighted by molar-refractivity contribution is 7.20. The van der Waals surface area contributed by atoms with Gasteiger partial charge in [0, 0.05) is 42.9 Å². The third-order valence-electron chi connectivity index (χ3n) is 13.4. The Kier molecular flexibility index (Phi) is 15.5. The first-order valence-corrected chi connectivity index (χ1v) is 25.9. The van der Waals surface area contributed by atoms with Crippen molar-refractivity contribution in [3.63, 3.8) is 0 Å². The SMILES string of the molecule is C=Cc1c(C=C)c2ccc(CN=Cc3cccc4oc5ccc(-c6cccc7oc8cc(-c9ccc%10c(CC)c(/C=C\C)sc%10c9)ccc8c67)cc5c34)cc2c2ccccc12.C=N.C=NCc1ccccc1.CC. The molecule has 364 valence electrons. The summed E-state index contributed by atoms with van der Waals surface area (Å²) in [4.78, 5) is 10.1. The predicted molar refractivity (Wildman–Crippen MR) is 325 cm³/mol. The van der Waals surface area contributed by atoms with E-state index in [1.165, 1.54) is 53.2 Å². The van der Waals surface area contributed by atoms with Gasteiger partial charge in [-0.2, -0.15) is 0 Å². The van der Waals surface area contributed by atoms with Crippen LogP contribution in [0.25, 0.3) is 116 Å². The van der Waals surface area contributed by atoms with Crippen LogP contribution in [-0.2, 0) is 19.5 Å². The molecule has 0 aliphatic rings. The number of allylic oxidation sites excluding steroid dienone is 1. The van der Waals surface area contributed by atoms with Gasteiger partial charge in [0.1, 0.15) is 22.3 Å². The molecule has 0 saturated heterocycles. The van der Waals surface area contributed by atoms with Gasteiger partial charge in [-0.05, 0) is 158 Å². The monoisotopic (exact) mass is 981 g/mol. The van der Waals surface area contributed by atoms with E-state index in [1.54, 1.807) is 0 Å². The minimum atomic E-state index is 0.547. The maximum Gasteiger partial charge on any atom is 0.136 e. The predicted octanol–water partition coefficient (Wildman–Crippen LogP) is 20.0. The van der Waals surface area contributed by atoms with Crippen LogP contribution in [0, 0.1) is 5.41 Å². The largest absolute Gasteiger partial charge is 0.456 e. The highest BCUT2D eigenvalue weighted by Gasteiger charge is 2.18. The van der Waals surface area contributed by atoms with E-state index >= 15 is 0 Å². The summed E-state index contributed by atoms with van der Waals surface area (Å²) in [6, 6.07) is 57.8. The van der Waals surface area contributed by atoms with Crippen LogP contribution in [0.4, 0.5) is 0 Å². The molecule has 12 aromatic rings. The van der Waals surface area contributed by atoms with Crippen LogP contribution < -0.4 is 0 Å². The lowest BCUT2D eigenvalue weighted by Gasteiger charge is -2.13. The molecule has 0 aliphatic heterocycles. The standard InChI is InChI=1S/C57H41NO2S.C8H9N.C2H6.CH3N/c1-5-13-54-41(8-4)46-25-21-36(31-55(46)61-54)35-22-26-47-53(30-35)60-52-19-12-17-42(57(47)52)37-23-27-50-49(29-37)56-38(14-11-18-51(56)59-50)33-58-32-34-20-24-45-40(7-3)39(6-2)43-15-9-10-16-44(43)48(45)28-34;1-9-7-8-5-3-2-4-6-8;2*1-2/h5-7,9-31,33H,2-3,8,32H2,1,4H3;2-6H,1,7H2;1-2H3;2H,1H2/b13-5-,58-33?;;;. The van der Waals surface area contributed by atoms with Gasteiger partial charge in [0.2, 0.25) is 0 Å². The summed E-state index contributed by atoms with van der Waals surface area (Å²) < 4.78 is 14.3. The van der Waals surface area contributed by atoms with E-state index in [9.17, 15) is 0 Å². The Morgan fingerprint density at radius 3 is 1.92 bits per heavy atom. The van der Waals surface area contributed by atoms with Crippen molar-refractivity contribution >= 4 is 125 Å². The molecule has 3 heterocycles. The smallest absolute Gasteiger partial charge is 0.136 e. The fraction of sp³-hybridized carbons (Fsp3) is 0.103. The van der Waals surface area contributed by atoms with Gasteiger partial charge in [-0.3, -0.25) is 9.98 Å². The summed E-state index contributed by atoms with van der Waals surface area (Å²) >= 11 is 1.87. The van der Waals surface area contributed by atoms with Gasteiger partial charge in [0.05, 0.1) is 13.1 Å². The Bertz CT molecular complexity index is 4090. The van der Waals surface area contributed by atoms with Crippen molar-refractivity contribution in [1.29, 1.82) is 5.41 Å². The summed E-state index contributed by atoms with van der Waals surface area (Å²) in [5, 5.41) is 15.9. The molecular weight excluding hydrogens is 923 g/mol. The zero-order valence-corrected chi connectivity index (χ0v) is 43.4. The number of fused-ring (bicyclic) bond motifs is 10. The Morgan fingerprint density at radius 2 is 1.19 bits per heavy atom. The summed E-state index contributed by atoms with van der Waals surface area (Å²) in [5.74, 6) is 0. The van der Waals surface area contributed by atoms with Crippen molar-refractivity contribution in [3.05, 3.63) is 221 Å². The van der Waals surface area contributed by atoms with Gasteiger partial charge in [0.25, 0.3) is 0 Å². The van der Waals surface area contributed by atoms with Crippen LogP contribution in [0.2, 0.25) is 0 Å². The number of nitrogens with zero attached hydrogens (tertiary/aromatic N) is 2. The molecule has 0 fully saturated rings. The minimum Gasteiger partial charge on any atom is -0.456 e. The lowest BCUT2D eigenvalue weighted by molar-refractivity contribution is 0.669. The number of thiophene rings is 1. The fourth-order valence-corrected chi connectivity index (χ4v) is 11.5. The molecule has 0 amide bonds. The highest BCUT2D eigenvalue weighted by Crippen LogP contribution is 2.42. The van der Waals surface area contributed by atoms with Gasteiger partial charge >= 0.3 is 0 Å². The fourth-order valence-electron chi connectivity index (χ4n) is 10.2. The average Bonchev–Trinajstić information content (AvgIpc) is 4.15. The van der Waals surface area contributed by atoms with Gasteiger partial charge in [-0.25, -0.2) is 0 Å². The lowest BCUT2D eigenvalue weighted by Crippen LogP contribution is -1.91. The number of benzene rings is 9. The van der Waals surface area contributed by atoms with Crippen molar-refractivity contribution in [2.75, 3.05) is 0 Å². The molecule has 12 rings (SSSR count). The van der Waals surface area contributed by atoms with E-state index < -0.39 is 0 Å². The molecule has 0 saturated carbocycles. The second-order valence-corrected chi connectivity index (χ2v) is 18.6. The van der Waals surface area contributed by atoms with Crippen LogP contribution in [-0.4, -0.2) is 19.6 Å². The number of nitrogens with one attached hydrogen (secondary N) is 1. The third kappa shape index (κ3) is 9.56. The summed E-state index contributed by atoms with van der Waals surface area (Å²) in [6.07, 6.45) is 11.2. The van der Waals surface area contributed by atoms with Crippen molar-refractivity contribution in [2.45, 2.75) is 47.2 Å². The van der Waals surface area contributed by atoms with Crippen molar-refractivity contribution in [2.24, 2.45) is 9.98 Å². The quantitative estimate of drug-likeness (QED) is 0.104. The lowest BCUT2D eigenvalue weighted by atomic mass is 9.90. The molecule has 0 unspecified atom stereocenters. The Hall–Kier alpha value is -8.71. The molecule has 0 radical (unpaired) electrons. The molecule has 1 N–H and O–H groups in total. The first kappa shape index (κ1) is 50.2. The van der Waals surface area contributed by atoms with Crippen LogP contribution >= 0.6 is 11.3 Å². The van der Waals surface area contributed by atoms with E-state index in [-0.39, 0.29) is 0 Å². The van der Waals surface area contributed by atoms with E-state index in [0.29, 0.717) is 6.54 Å². The normalized spacial score (nSPS) is 11.3. The third-order valence-corrected chi connectivity index (χ3v) is 14.5. The number of aryl methyl sites for hydroxylation is 1. The Morgan fingerprint density at radius 1 is 0.541 bits per heavy atom. The molecule has 6 heteroatoms. The Balaban J connectivity index is 0.000000461. The molecule has 0 atom stereocenters. The van der Waals surface area contributed by atoms with Crippen LogP contribution in [0.15, 0.2) is 202 Å². The first-order chi connectivity index (χ1) is 36.5. The average molecular weight is 982 g/mol. The van der Waals surface area contributed by atoms with Crippen molar-refractivity contribution in [1.82, 2.24) is 0 Å². The van der Waals surface area contributed by atoms with E-state index in [2.05, 4.69) is 179 Å². The number of furan rings is 2. The zero-order chi connectivity index (χ0) is 51.7. The van der Waals surface area contributed by atoms with Crippen LogP contribution in [0.5, 0.6) is 0 Å². The molecular formula is C68H59N3O2S. The molecule has 0 aliphatic carbocycles. The summed E-state index contributed by atoms with van der Waals surface area (Å²) in [6.45, 7) is 23.7. The molecule has 74 heavy (non-hydrogen) atoms. The van der Waals surface area contributed by atoms with E-state index in [0.717, 1.165) is 95.8 Å². The molecule has 3 aromatic heterocycles. The topological polar surface area (TPSA) is 74.8 Å². The van der Waals surface area contributed by atoms with Gasteiger partial charge in [0.15, 0.2) is 0 Å². The maximum absolute atomic E-state index is 6.60. The van der Waals surface area contributed by atoms with E-state index in [4.69, 9.17) is 19.2 Å². The molecule has 5 nitrogen and oxygen atoms in total. The van der Waals surface area contributed by atoms with Gasteiger partial charge < -0.3 is 14.2 Å². The van der Waals surface area contributed by atoms with Gasteiger partial charge in [-0.15, -0.1) is 11.3 Å². The molecule has 9 aromatic carbocycles. The summed E-state index contributed by atoms with van der Waals surface area (Å²) in [5.41, 5.74) is 15.0. The number of aliphatic imine (C=N–C) groups is 2. The second-order valence-electron chi connectivity index (χ2n) is 17.5. The van der Waals surface area contributed by atoms with Crippen molar-refractivity contribution in [3.8, 4) is 22.3 Å². The number of rotatable bonds is 11. The molecule has 0 bridgehead atoms. The second kappa shape index (κ2) is 22.8. The first-order valence-electron chi connectivity index (χ1n) is 25.1. The Labute approximate surface area is 437 Å². The number of hydrogen-bond acceptors (Lipinski definition) is 6. The summed E-state index contributed by atoms with van der Waals surface area (Å²) in [7, 11) is 0. The minimum absolute atomic E-state index is 0.547. The molecule has 0 spiro atoms. The number of hydrogen-bond donors (Lipinski definition) is 1.